The lowest BCUT2D eigenvalue weighted by molar-refractivity contribution is -0.140. The van der Waals surface area contributed by atoms with E-state index >= 15 is 0 Å². The number of piperazine rings is 1. The molecule has 0 aromatic carbocycles. The third-order valence-electron chi connectivity index (χ3n) is 3.62. The van der Waals surface area contributed by atoms with Crippen LogP contribution in [-0.4, -0.2) is 59.1 Å². The first kappa shape index (κ1) is 14.5. The lowest BCUT2D eigenvalue weighted by atomic mass is 9.93. The van der Waals surface area contributed by atoms with E-state index in [9.17, 15) is 4.79 Å². The van der Waals surface area contributed by atoms with Crippen molar-refractivity contribution in [3.05, 3.63) is 0 Å². The lowest BCUT2D eigenvalue weighted by Gasteiger charge is -2.50. The van der Waals surface area contributed by atoms with Crippen LogP contribution in [0.25, 0.3) is 0 Å². The average molecular weight is 242 g/mol. The van der Waals surface area contributed by atoms with E-state index in [1.807, 2.05) is 7.05 Å². The van der Waals surface area contributed by atoms with Gasteiger partial charge in [0.05, 0.1) is 6.42 Å². The van der Waals surface area contributed by atoms with Crippen molar-refractivity contribution in [2.45, 2.75) is 45.7 Å². The fourth-order valence-electron chi connectivity index (χ4n) is 2.70. The molecule has 0 amide bonds. The quantitative estimate of drug-likeness (QED) is 0.811. The molecule has 0 aromatic rings. The van der Waals surface area contributed by atoms with Crippen LogP contribution in [0.5, 0.6) is 0 Å². The van der Waals surface area contributed by atoms with Gasteiger partial charge in [0.25, 0.3) is 0 Å². The van der Waals surface area contributed by atoms with Crippen molar-refractivity contribution in [1.29, 1.82) is 0 Å². The molecule has 100 valence electrons. The molecule has 1 unspecified atom stereocenters. The number of rotatable bonds is 4. The molecule has 1 aliphatic rings. The van der Waals surface area contributed by atoms with Gasteiger partial charge in [-0.05, 0) is 26.8 Å². The molecule has 4 heteroatoms. The Bertz CT molecular complexity index is 277. The zero-order valence-corrected chi connectivity index (χ0v) is 11.7. The second-order valence-corrected chi connectivity index (χ2v) is 6.26. The van der Waals surface area contributed by atoms with Gasteiger partial charge in [-0.3, -0.25) is 14.6 Å². The number of carbonyl (C=O) groups is 1. The number of hydrogen-bond acceptors (Lipinski definition) is 3. The molecule has 0 bridgehead atoms. The minimum absolute atomic E-state index is 0.0489. The highest BCUT2D eigenvalue weighted by molar-refractivity contribution is 5.67. The Morgan fingerprint density at radius 1 is 1.47 bits per heavy atom. The number of carboxylic acid groups (broad SMARTS) is 1. The molecule has 1 saturated heterocycles. The van der Waals surface area contributed by atoms with Crippen molar-refractivity contribution in [2.24, 2.45) is 5.92 Å². The zero-order chi connectivity index (χ0) is 13.2. The maximum Gasteiger partial charge on any atom is 0.304 e. The van der Waals surface area contributed by atoms with Gasteiger partial charge >= 0.3 is 5.97 Å². The van der Waals surface area contributed by atoms with Crippen molar-refractivity contribution >= 4 is 5.97 Å². The fraction of sp³-hybridized carbons (Fsp3) is 0.923. The molecule has 4 nitrogen and oxygen atoms in total. The number of carboxylic acids is 1. The van der Waals surface area contributed by atoms with E-state index < -0.39 is 5.97 Å². The molecular formula is C13H26N2O2. The van der Waals surface area contributed by atoms with Crippen LogP contribution in [0.15, 0.2) is 0 Å². The van der Waals surface area contributed by atoms with Gasteiger partial charge in [0.15, 0.2) is 0 Å². The minimum Gasteiger partial charge on any atom is -0.481 e. The molecule has 0 aromatic heterocycles. The maximum atomic E-state index is 10.9. The molecule has 0 aliphatic carbocycles. The van der Waals surface area contributed by atoms with Gasteiger partial charge in [0, 0.05) is 31.2 Å². The molecule has 1 fully saturated rings. The molecule has 0 saturated carbocycles. The van der Waals surface area contributed by atoms with Gasteiger partial charge < -0.3 is 5.11 Å². The molecule has 1 aliphatic heterocycles. The highest BCUT2D eigenvalue weighted by Gasteiger charge is 2.38. The fourth-order valence-corrected chi connectivity index (χ4v) is 2.70. The zero-order valence-electron chi connectivity index (χ0n) is 11.7. The first-order valence-electron chi connectivity index (χ1n) is 6.39. The number of likely N-dealkylation sites (N-methyl/N-ethyl adjacent to an activating group) is 1. The summed E-state index contributed by atoms with van der Waals surface area (Å²) >= 11 is 0. The van der Waals surface area contributed by atoms with E-state index in [-0.39, 0.29) is 18.0 Å². The summed E-state index contributed by atoms with van der Waals surface area (Å²) in [6.07, 6.45) is 0.231. The summed E-state index contributed by atoms with van der Waals surface area (Å²) in [7, 11) is 2.04. The second kappa shape index (κ2) is 5.36. The summed E-state index contributed by atoms with van der Waals surface area (Å²) in [4.78, 5) is 15.5. The van der Waals surface area contributed by atoms with Crippen molar-refractivity contribution < 1.29 is 9.90 Å². The second-order valence-electron chi connectivity index (χ2n) is 6.26. The Hall–Kier alpha value is -0.610. The van der Waals surface area contributed by atoms with Crippen LogP contribution in [-0.2, 0) is 4.79 Å². The molecule has 0 radical (unpaired) electrons. The molecule has 1 heterocycles. The van der Waals surface area contributed by atoms with Gasteiger partial charge in [-0.15, -0.1) is 0 Å². The van der Waals surface area contributed by atoms with Crippen LogP contribution >= 0.6 is 0 Å². The monoisotopic (exact) mass is 242 g/mol. The third-order valence-corrected chi connectivity index (χ3v) is 3.62. The summed E-state index contributed by atoms with van der Waals surface area (Å²) in [5, 5.41) is 8.98. The van der Waals surface area contributed by atoms with Crippen LogP contribution in [0.3, 0.4) is 0 Å². The Kier molecular flexibility index (Phi) is 4.55. The molecule has 0 spiro atoms. The minimum atomic E-state index is -0.705. The maximum absolute atomic E-state index is 10.9. The van der Waals surface area contributed by atoms with E-state index in [0.29, 0.717) is 5.92 Å². The van der Waals surface area contributed by atoms with Gasteiger partial charge in [-0.25, -0.2) is 0 Å². The van der Waals surface area contributed by atoms with Gasteiger partial charge in [0.2, 0.25) is 0 Å². The first-order chi connectivity index (χ1) is 7.72. The van der Waals surface area contributed by atoms with Gasteiger partial charge in [-0.2, -0.15) is 0 Å². The molecular weight excluding hydrogens is 216 g/mol. The van der Waals surface area contributed by atoms with Crippen molar-refractivity contribution in [3.63, 3.8) is 0 Å². The molecule has 1 N–H and O–H groups in total. The van der Waals surface area contributed by atoms with Crippen LogP contribution in [0.4, 0.5) is 0 Å². The average Bonchev–Trinajstić information content (AvgIpc) is 2.10. The highest BCUT2D eigenvalue weighted by atomic mass is 16.4. The summed E-state index contributed by atoms with van der Waals surface area (Å²) in [6.45, 7) is 11.7. The first-order valence-corrected chi connectivity index (χ1v) is 6.39. The van der Waals surface area contributed by atoms with Crippen molar-refractivity contribution in [3.8, 4) is 0 Å². The summed E-state index contributed by atoms with van der Waals surface area (Å²) in [5.74, 6) is -0.0799. The van der Waals surface area contributed by atoms with E-state index in [2.05, 4.69) is 37.5 Å². The largest absolute Gasteiger partial charge is 0.481 e. The van der Waals surface area contributed by atoms with E-state index in [4.69, 9.17) is 5.11 Å². The van der Waals surface area contributed by atoms with E-state index in [1.54, 1.807) is 0 Å². The topological polar surface area (TPSA) is 43.8 Å². The Morgan fingerprint density at radius 2 is 2.06 bits per heavy atom. The summed E-state index contributed by atoms with van der Waals surface area (Å²) in [5.41, 5.74) is 0.0489. The SMILES string of the molecule is CC(C)CN1CC(CC(=O)O)N(C)C(C)(C)C1. The molecule has 17 heavy (non-hydrogen) atoms. The van der Waals surface area contributed by atoms with Crippen LogP contribution in [0.1, 0.15) is 34.1 Å². The Morgan fingerprint density at radius 3 is 2.53 bits per heavy atom. The van der Waals surface area contributed by atoms with Gasteiger partial charge in [-0.1, -0.05) is 13.8 Å². The molecule has 1 atom stereocenters. The summed E-state index contributed by atoms with van der Waals surface area (Å²) < 4.78 is 0. The van der Waals surface area contributed by atoms with E-state index in [1.165, 1.54) is 0 Å². The van der Waals surface area contributed by atoms with Crippen LogP contribution < -0.4 is 0 Å². The van der Waals surface area contributed by atoms with Gasteiger partial charge in [0.1, 0.15) is 0 Å². The predicted molar refractivity (Wildman–Crippen MR) is 69.2 cm³/mol. The standard InChI is InChI=1S/C13H26N2O2/c1-10(2)7-15-8-11(6-12(16)17)14(5)13(3,4)9-15/h10-11H,6-9H2,1-5H3,(H,16,17). The number of hydrogen-bond donors (Lipinski definition) is 1. The highest BCUT2D eigenvalue weighted by Crippen LogP contribution is 2.25. The van der Waals surface area contributed by atoms with Crippen LogP contribution in [0.2, 0.25) is 0 Å². The predicted octanol–water partition coefficient (Wildman–Crippen LogP) is 1.51. The molecule has 1 rings (SSSR count). The Balaban J connectivity index is 2.72. The number of nitrogens with zero attached hydrogens (tertiary/aromatic N) is 2. The smallest absolute Gasteiger partial charge is 0.304 e. The Labute approximate surface area is 105 Å². The van der Waals surface area contributed by atoms with E-state index in [0.717, 1.165) is 19.6 Å². The number of aliphatic carboxylic acids is 1. The van der Waals surface area contributed by atoms with Crippen molar-refractivity contribution in [2.75, 3.05) is 26.7 Å². The van der Waals surface area contributed by atoms with Crippen LogP contribution in [0, 0.1) is 5.92 Å². The summed E-state index contributed by atoms with van der Waals surface area (Å²) in [6, 6.07) is 0.120. The van der Waals surface area contributed by atoms with Crippen molar-refractivity contribution in [1.82, 2.24) is 9.80 Å². The lowest BCUT2D eigenvalue weighted by Crippen LogP contribution is -2.63. The normalized spacial score (nSPS) is 26.4. The third kappa shape index (κ3) is 3.96.